The first-order valence-corrected chi connectivity index (χ1v) is 15.2. The summed E-state index contributed by atoms with van der Waals surface area (Å²) in [7, 11) is 1.67. The predicted molar refractivity (Wildman–Crippen MR) is 182 cm³/mol. The average Bonchev–Trinajstić information content (AvgIpc) is 3.34. The maximum absolute atomic E-state index is 15.8. The van der Waals surface area contributed by atoms with Crippen molar-refractivity contribution in [3.63, 3.8) is 0 Å². The van der Waals surface area contributed by atoms with Gasteiger partial charge in [-0.15, -0.1) is 0 Å². The molecule has 0 saturated carbocycles. The molecular formula is C41H34N2O2. The monoisotopic (exact) mass is 586 g/mol. The van der Waals surface area contributed by atoms with Gasteiger partial charge in [0, 0.05) is 17.7 Å². The molecule has 0 aliphatic carbocycles. The molecule has 0 aromatic heterocycles. The lowest BCUT2D eigenvalue weighted by atomic mass is 9.75. The van der Waals surface area contributed by atoms with E-state index in [4.69, 9.17) is 4.74 Å². The molecule has 220 valence electrons. The highest BCUT2D eigenvalue weighted by Gasteiger charge is 2.58. The molecule has 0 bridgehead atoms. The van der Waals surface area contributed by atoms with Crippen molar-refractivity contribution in [1.29, 1.82) is 0 Å². The molecule has 4 nitrogen and oxygen atoms in total. The predicted octanol–water partition coefficient (Wildman–Crippen LogP) is 8.58. The van der Waals surface area contributed by atoms with Gasteiger partial charge in [0.2, 0.25) is 0 Å². The number of anilines is 2. The van der Waals surface area contributed by atoms with Crippen LogP contribution in [0.25, 0.3) is 0 Å². The Morgan fingerprint density at radius 2 is 1.07 bits per heavy atom. The number of benzene rings is 6. The van der Waals surface area contributed by atoms with Gasteiger partial charge in [0.15, 0.2) is 0 Å². The topological polar surface area (TPSA) is 41.6 Å². The third-order valence-corrected chi connectivity index (χ3v) is 8.84. The van der Waals surface area contributed by atoms with Gasteiger partial charge >= 0.3 is 0 Å². The number of nitrogens with one attached hydrogen (secondary N) is 1. The number of rotatable bonds is 9. The van der Waals surface area contributed by atoms with E-state index >= 15 is 4.79 Å². The summed E-state index contributed by atoms with van der Waals surface area (Å²) in [5.41, 5.74) is 4.65. The molecule has 4 heteroatoms. The number of ether oxygens (including phenoxy) is 1. The molecule has 45 heavy (non-hydrogen) atoms. The molecule has 6 aromatic rings. The van der Waals surface area contributed by atoms with Gasteiger partial charge in [0.25, 0.3) is 5.91 Å². The molecule has 1 aliphatic heterocycles. The van der Waals surface area contributed by atoms with Crippen molar-refractivity contribution in [3.8, 4) is 5.75 Å². The Morgan fingerprint density at radius 1 is 0.600 bits per heavy atom. The first kappa shape index (κ1) is 28.2. The Kier molecular flexibility index (Phi) is 7.40. The molecule has 7 rings (SSSR count). The van der Waals surface area contributed by atoms with E-state index in [0.29, 0.717) is 6.42 Å². The van der Waals surface area contributed by atoms with Crippen molar-refractivity contribution in [2.24, 2.45) is 0 Å². The Labute approximate surface area is 264 Å². The van der Waals surface area contributed by atoms with Crippen molar-refractivity contribution in [2.45, 2.75) is 17.5 Å². The molecule has 0 radical (unpaired) electrons. The largest absolute Gasteiger partial charge is 0.497 e. The van der Waals surface area contributed by atoms with Gasteiger partial charge in [-0.25, -0.2) is 0 Å². The molecule has 1 amide bonds. The fourth-order valence-electron chi connectivity index (χ4n) is 6.86. The van der Waals surface area contributed by atoms with Crippen molar-refractivity contribution in [3.05, 3.63) is 198 Å². The van der Waals surface area contributed by atoms with Crippen molar-refractivity contribution in [1.82, 2.24) is 0 Å². The molecule has 1 N–H and O–H groups in total. The summed E-state index contributed by atoms with van der Waals surface area (Å²) in [6, 6.07) is 57.4. The highest BCUT2D eigenvalue weighted by molar-refractivity contribution is 6.12. The SMILES string of the molecule is COc1ccc(CC2(Nc3ccccc3)C(=O)N(C(c3ccccc3)(c3ccccc3)c3ccccc3)c3ccccc32)cc1. The van der Waals surface area contributed by atoms with Crippen LogP contribution in [0.1, 0.15) is 27.8 Å². The molecule has 0 saturated heterocycles. The highest BCUT2D eigenvalue weighted by Crippen LogP contribution is 2.53. The molecule has 1 atom stereocenters. The number of nitrogens with zero attached hydrogens (tertiary/aromatic N) is 1. The van der Waals surface area contributed by atoms with Crippen molar-refractivity contribution in [2.75, 3.05) is 17.3 Å². The van der Waals surface area contributed by atoms with Gasteiger partial charge in [0.05, 0.1) is 12.8 Å². The van der Waals surface area contributed by atoms with Crippen LogP contribution in [-0.2, 0) is 22.3 Å². The first-order chi connectivity index (χ1) is 22.2. The maximum Gasteiger partial charge on any atom is 0.259 e. The van der Waals surface area contributed by atoms with Gasteiger partial charge in [-0.2, -0.15) is 0 Å². The lowest BCUT2D eigenvalue weighted by Crippen LogP contribution is -2.56. The molecular weight excluding hydrogens is 552 g/mol. The summed E-state index contributed by atoms with van der Waals surface area (Å²) < 4.78 is 5.46. The van der Waals surface area contributed by atoms with E-state index in [0.717, 1.165) is 44.9 Å². The average molecular weight is 587 g/mol. The Balaban J connectivity index is 1.53. The number of amides is 1. The van der Waals surface area contributed by atoms with Gasteiger partial charge in [0.1, 0.15) is 16.8 Å². The van der Waals surface area contributed by atoms with Crippen LogP contribution < -0.4 is 15.0 Å². The van der Waals surface area contributed by atoms with Crippen molar-refractivity contribution >= 4 is 17.3 Å². The standard InChI is InChI=1S/C41H34N2O2/c1-45-36-28-26-31(27-29-36)30-40(42-35-22-12-5-13-23-35)37-24-14-15-25-38(37)43(39(40)44)41(32-16-6-2-7-17-32,33-18-8-3-9-19-33)34-20-10-4-11-21-34/h2-29,42H,30H2,1H3. The van der Waals surface area contributed by atoms with Gasteiger partial charge in [-0.05, 0) is 52.6 Å². The number of hydrogen-bond acceptors (Lipinski definition) is 3. The zero-order valence-electron chi connectivity index (χ0n) is 25.1. The van der Waals surface area contributed by atoms with Crippen LogP contribution in [0.5, 0.6) is 5.75 Å². The van der Waals surface area contributed by atoms with E-state index in [1.165, 1.54) is 0 Å². The second-order valence-corrected chi connectivity index (χ2v) is 11.4. The summed E-state index contributed by atoms with van der Waals surface area (Å²) >= 11 is 0. The van der Waals surface area contributed by atoms with Crippen LogP contribution in [0.2, 0.25) is 0 Å². The van der Waals surface area contributed by atoms with E-state index in [1.807, 2.05) is 89.8 Å². The highest BCUT2D eigenvalue weighted by atomic mass is 16.5. The maximum atomic E-state index is 15.8. The van der Waals surface area contributed by atoms with Crippen LogP contribution in [-0.4, -0.2) is 13.0 Å². The first-order valence-electron chi connectivity index (χ1n) is 15.2. The van der Waals surface area contributed by atoms with Gasteiger partial charge in [-0.1, -0.05) is 140 Å². The Bertz CT molecular complexity index is 1800. The second kappa shape index (κ2) is 11.8. The van der Waals surface area contributed by atoms with E-state index in [9.17, 15) is 0 Å². The molecule has 0 fully saturated rings. The van der Waals surface area contributed by atoms with E-state index in [2.05, 4.69) is 90.2 Å². The summed E-state index contributed by atoms with van der Waals surface area (Å²) in [6.07, 6.45) is 0.437. The lowest BCUT2D eigenvalue weighted by Gasteiger charge is -2.45. The van der Waals surface area contributed by atoms with E-state index in [-0.39, 0.29) is 5.91 Å². The zero-order valence-corrected chi connectivity index (χ0v) is 25.1. The minimum atomic E-state index is -1.10. The fourth-order valence-corrected chi connectivity index (χ4v) is 6.86. The molecule has 0 spiro atoms. The number of para-hydroxylation sites is 2. The molecule has 1 unspecified atom stereocenters. The molecule has 1 heterocycles. The third-order valence-electron chi connectivity index (χ3n) is 8.84. The van der Waals surface area contributed by atoms with Crippen LogP contribution in [0.15, 0.2) is 170 Å². The second-order valence-electron chi connectivity index (χ2n) is 11.4. The summed E-state index contributed by atoms with van der Waals surface area (Å²) in [4.78, 5) is 17.9. The van der Waals surface area contributed by atoms with E-state index < -0.39 is 11.1 Å². The van der Waals surface area contributed by atoms with Crippen LogP contribution in [0.3, 0.4) is 0 Å². The molecule has 1 aliphatic rings. The number of fused-ring (bicyclic) bond motifs is 1. The van der Waals surface area contributed by atoms with Crippen molar-refractivity contribution < 1.29 is 9.53 Å². The number of carbonyl (C=O) groups is 1. The third kappa shape index (κ3) is 4.76. The fraction of sp³-hybridized carbons (Fsp3) is 0.0976. The Hall–Kier alpha value is -5.61. The quantitative estimate of drug-likeness (QED) is 0.173. The number of methoxy groups -OCH3 is 1. The van der Waals surface area contributed by atoms with Gasteiger partial charge < -0.3 is 10.1 Å². The summed E-state index contributed by atoms with van der Waals surface area (Å²) in [5, 5.41) is 3.77. The normalized spacial score (nSPS) is 15.8. The van der Waals surface area contributed by atoms with Crippen LogP contribution in [0.4, 0.5) is 11.4 Å². The zero-order chi connectivity index (χ0) is 30.7. The lowest BCUT2D eigenvalue weighted by molar-refractivity contribution is -0.123. The molecule has 6 aromatic carbocycles. The summed E-state index contributed by atoms with van der Waals surface area (Å²) in [6.45, 7) is 0. The minimum absolute atomic E-state index is 0.0278. The van der Waals surface area contributed by atoms with Gasteiger partial charge in [-0.3, -0.25) is 9.69 Å². The number of carbonyl (C=O) groups excluding carboxylic acids is 1. The van der Waals surface area contributed by atoms with Crippen LogP contribution in [0, 0.1) is 0 Å². The van der Waals surface area contributed by atoms with Crippen LogP contribution >= 0.6 is 0 Å². The minimum Gasteiger partial charge on any atom is -0.497 e. The van der Waals surface area contributed by atoms with E-state index in [1.54, 1.807) is 7.11 Å². The number of hydrogen-bond donors (Lipinski definition) is 1. The Morgan fingerprint density at radius 3 is 1.58 bits per heavy atom. The summed E-state index contributed by atoms with van der Waals surface area (Å²) in [5.74, 6) is 0.750. The smallest absolute Gasteiger partial charge is 0.259 e.